The van der Waals surface area contributed by atoms with Crippen molar-refractivity contribution in [3.05, 3.63) is 49.0 Å². The van der Waals surface area contributed by atoms with Crippen LogP contribution < -0.4 is 11.1 Å². The Morgan fingerprint density at radius 2 is 2.05 bits per heavy atom. The van der Waals surface area contributed by atoms with Crippen LogP contribution >= 0.6 is 43.2 Å². The Labute approximate surface area is 132 Å². The second kappa shape index (κ2) is 6.07. The van der Waals surface area contributed by atoms with Gasteiger partial charge in [0.2, 0.25) is 0 Å². The summed E-state index contributed by atoms with van der Waals surface area (Å²) in [4.78, 5) is 12.2. The van der Waals surface area contributed by atoms with Crippen molar-refractivity contribution in [3.8, 4) is 0 Å². The Balaban J connectivity index is 2.15. The quantitative estimate of drug-likeness (QED) is 0.748. The van der Waals surface area contributed by atoms with Gasteiger partial charge in [-0.1, -0.05) is 18.2 Å². The molecule has 2 rings (SSSR count). The Bertz CT molecular complexity index is 612. The first-order valence-electron chi connectivity index (χ1n) is 5.59. The number of hydrogen-bond acceptors (Lipinski definition) is 3. The summed E-state index contributed by atoms with van der Waals surface area (Å²) >= 11 is 8.22. The van der Waals surface area contributed by atoms with Gasteiger partial charge in [-0.2, -0.15) is 0 Å². The van der Waals surface area contributed by atoms with Crippen molar-refractivity contribution in [1.82, 2.24) is 5.32 Å². The van der Waals surface area contributed by atoms with E-state index in [-0.39, 0.29) is 11.9 Å². The molecule has 1 atom stereocenters. The van der Waals surface area contributed by atoms with Crippen LogP contribution in [0.4, 0.5) is 5.69 Å². The van der Waals surface area contributed by atoms with Crippen LogP contribution in [-0.2, 0) is 0 Å². The lowest BCUT2D eigenvalue weighted by Crippen LogP contribution is -2.27. The Morgan fingerprint density at radius 1 is 1.37 bits per heavy atom. The second-order valence-corrected chi connectivity index (χ2v) is 7.81. The van der Waals surface area contributed by atoms with Gasteiger partial charge in [0, 0.05) is 5.69 Å². The van der Waals surface area contributed by atoms with Crippen LogP contribution in [0.3, 0.4) is 0 Å². The van der Waals surface area contributed by atoms with Crippen LogP contribution in [0.1, 0.15) is 28.9 Å². The van der Waals surface area contributed by atoms with Crippen molar-refractivity contribution in [2.45, 2.75) is 13.0 Å². The first kappa shape index (κ1) is 14.6. The molecule has 0 aliphatic heterocycles. The fraction of sp³-hybridized carbons (Fsp3) is 0.154. The summed E-state index contributed by atoms with van der Waals surface area (Å²) < 4.78 is 1.72. The molecular weight excluding hydrogens is 392 g/mol. The third-order valence-corrected chi connectivity index (χ3v) is 5.05. The smallest absolute Gasteiger partial charge is 0.253 e. The van der Waals surface area contributed by atoms with Gasteiger partial charge in [-0.15, -0.1) is 11.3 Å². The highest BCUT2D eigenvalue weighted by Gasteiger charge is 2.17. The molecule has 6 heteroatoms. The average Bonchev–Trinajstić information content (AvgIpc) is 2.69. The van der Waals surface area contributed by atoms with Crippen LogP contribution in [0.25, 0.3) is 0 Å². The molecule has 2 aromatic rings. The third kappa shape index (κ3) is 3.38. The molecule has 0 bridgehead atoms. The predicted molar refractivity (Wildman–Crippen MR) is 86.5 cm³/mol. The highest BCUT2D eigenvalue weighted by atomic mass is 79.9. The van der Waals surface area contributed by atoms with E-state index in [0.717, 1.165) is 13.1 Å². The number of rotatable bonds is 3. The highest BCUT2D eigenvalue weighted by molar-refractivity contribution is 9.12. The van der Waals surface area contributed by atoms with Gasteiger partial charge in [0.1, 0.15) is 0 Å². The number of para-hydroxylation sites is 1. The molecule has 0 radical (unpaired) electrons. The summed E-state index contributed by atoms with van der Waals surface area (Å²) in [6, 6.07) is 9.18. The maximum Gasteiger partial charge on any atom is 0.253 e. The zero-order chi connectivity index (χ0) is 14.0. The van der Waals surface area contributed by atoms with Gasteiger partial charge < -0.3 is 11.1 Å². The number of carbonyl (C=O) groups excluding carboxylic acids is 1. The van der Waals surface area contributed by atoms with Crippen LogP contribution in [-0.4, -0.2) is 5.91 Å². The zero-order valence-electron chi connectivity index (χ0n) is 10.1. The Hall–Kier alpha value is -0.850. The van der Waals surface area contributed by atoms with Crippen molar-refractivity contribution < 1.29 is 4.79 Å². The maximum atomic E-state index is 12.2. The largest absolute Gasteiger partial charge is 0.398 e. The standard InChI is InChI=1S/C13H12Br2N2OS/c1-7(8-4-2-3-5-10(8)16)17-13(18)9-6-11(14)19-12(9)15/h2-7H,16H2,1H3,(H,17,18). The van der Waals surface area contributed by atoms with Gasteiger partial charge in [-0.3, -0.25) is 4.79 Å². The average molecular weight is 404 g/mol. The summed E-state index contributed by atoms with van der Waals surface area (Å²) in [5, 5.41) is 2.94. The summed E-state index contributed by atoms with van der Waals surface area (Å²) in [7, 11) is 0. The fourth-order valence-corrected chi connectivity index (χ4v) is 4.55. The number of thiophene rings is 1. The van der Waals surface area contributed by atoms with Crippen LogP contribution in [0.2, 0.25) is 0 Å². The third-order valence-electron chi connectivity index (χ3n) is 2.71. The highest BCUT2D eigenvalue weighted by Crippen LogP contribution is 2.32. The predicted octanol–water partition coefficient (Wildman–Crippen LogP) is 4.35. The van der Waals surface area contributed by atoms with Gasteiger partial charge in [0.25, 0.3) is 5.91 Å². The van der Waals surface area contributed by atoms with Crippen LogP contribution in [0, 0.1) is 0 Å². The Kier molecular flexibility index (Phi) is 4.65. The Morgan fingerprint density at radius 3 is 2.63 bits per heavy atom. The second-order valence-electron chi connectivity index (χ2n) is 4.06. The summed E-state index contributed by atoms with van der Waals surface area (Å²) in [6.45, 7) is 1.92. The van der Waals surface area contributed by atoms with E-state index in [2.05, 4.69) is 37.2 Å². The van der Waals surface area contributed by atoms with Gasteiger partial charge in [0.15, 0.2) is 0 Å². The summed E-state index contributed by atoms with van der Waals surface area (Å²) in [6.07, 6.45) is 0. The van der Waals surface area contributed by atoms with E-state index in [1.807, 2.05) is 31.2 Å². The van der Waals surface area contributed by atoms with Gasteiger partial charge in [-0.05, 0) is 56.5 Å². The van der Waals surface area contributed by atoms with E-state index in [9.17, 15) is 4.79 Å². The molecule has 1 heterocycles. The number of carbonyl (C=O) groups is 1. The van der Waals surface area contributed by atoms with Crippen molar-refractivity contribution in [2.75, 3.05) is 5.73 Å². The molecule has 0 saturated heterocycles. The van der Waals surface area contributed by atoms with Gasteiger partial charge in [-0.25, -0.2) is 0 Å². The van der Waals surface area contributed by atoms with Crippen molar-refractivity contribution in [1.29, 1.82) is 0 Å². The minimum Gasteiger partial charge on any atom is -0.398 e. The number of nitrogens with one attached hydrogen (secondary N) is 1. The molecule has 3 N–H and O–H groups in total. The maximum absolute atomic E-state index is 12.2. The summed E-state index contributed by atoms with van der Waals surface area (Å²) in [5.74, 6) is -0.121. The molecule has 1 unspecified atom stereocenters. The summed E-state index contributed by atoms with van der Waals surface area (Å²) in [5.41, 5.74) is 8.13. The molecule has 1 aromatic heterocycles. The van der Waals surface area contributed by atoms with Crippen molar-refractivity contribution in [3.63, 3.8) is 0 Å². The number of benzene rings is 1. The molecular formula is C13H12Br2N2OS. The lowest BCUT2D eigenvalue weighted by atomic mass is 10.1. The molecule has 100 valence electrons. The van der Waals surface area contributed by atoms with Crippen molar-refractivity contribution >= 4 is 54.8 Å². The topological polar surface area (TPSA) is 55.1 Å². The van der Waals surface area contributed by atoms with Crippen LogP contribution in [0.15, 0.2) is 37.9 Å². The minimum absolute atomic E-state index is 0.121. The molecule has 0 aliphatic carbocycles. The molecule has 0 saturated carbocycles. The SMILES string of the molecule is CC(NC(=O)c1cc(Br)sc1Br)c1ccccc1N. The number of hydrogen-bond donors (Lipinski definition) is 2. The first-order valence-corrected chi connectivity index (χ1v) is 7.99. The number of anilines is 1. The van der Waals surface area contributed by atoms with E-state index >= 15 is 0 Å². The molecule has 0 spiro atoms. The lowest BCUT2D eigenvalue weighted by Gasteiger charge is -2.16. The van der Waals surface area contributed by atoms with Crippen molar-refractivity contribution in [2.24, 2.45) is 0 Å². The van der Waals surface area contributed by atoms with Gasteiger partial charge >= 0.3 is 0 Å². The van der Waals surface area contributed by atoms with E-state index in [4.69, 9.17) is 5.73 Å². The van der Waals surface area contributed by atoms with Crippen LogP contribution in [0.5, 0.6) is 0 Å². The molecule has 1 aromatic carbocycles. The molecule has 19 heavy (non-hydrogen) atoms. The first-order chi connectivity index (χ1) is 8.99. The number of halogens is 2. The number of nitrogen functional groups attached to an aromatic ring is 1. The minimum atomic E-state index is -0.140. The van der Waals surface area contributed by atoms with Gasteiger partial charge in [0.05, 0.1) is 19.2 Å². The molecule has 0 fully saturated rings. The molecule has 0 aliphatic rings. The monoisotopic (exact) mass is 402 g/mol. The molecule has 3 nitrogen and oxygen atoms in total. The number of nitrogens with two attached hydrogens (primary N) is 1. The van der Waals surface area contributed by atoms with E-state index < -0.39 is 0 Å². The fourth-order valence-electron chi connectivity index (χ4n) is 1.75. The van der Waals surface area contributed by atoms with E-state index in [1.165, 1.54) is 11.3 Å². The van der Waals surface area contributed by atoms with E-state index in [0.29, 0.717) is 11.3 Å². The lowest BCUT2D eigenvalue weighted by molar-refractivity contribution is 0.0940. The van der Waals surface area contributed by atoms with E-state index in [1.54, 1.807) is 6.07 Å². The number of amides is 1. The zero-order valence-corrected chi connectivity index (χ0v) is 14.1. The normalized spacial score (nSPS) is 12.2. The molecule has 1 amide bonds.